The highest BCUT2D eigenvalue weighted by Gasteiger charge is 2.42. The third kappa shape index (κ3) is 4.39. The number of likely N-dealkylation sites (tertiary alicyclic amines) is 1. The molecular formula is C18H29N5O3S. The molecule has 27 heavy (non-hydrogen) atoms. The van der Waals surface area contributed by atoms with Gasteiger partial charge in [-0.25, -0.2) is 4.79 Å². The van der Waals surface area contributed by atoms with Gasteiger partial charge < -0.3 is 19.9 Å². The lowest BCUT2D eigenvalue weighted by molar-refractivity contribution is -0.147. The quantitative estimate of drug-likeness (QED) is 0.544. The van der Waals surface area contributed by atoms with Crippen LogP contribution in [0.3, 0.4) is 0 Å². The van der Waals surface area contributed by atoms with Gasteiger partial charge in [-0.1, -0.05) is 24.6 Å². The van der Waals surface area contributed by atoms with Gasteiger partial charge in [0.15, 0.2) is 5.16 Å². The molecule has 0 bridgehead atoms. The second kappa shape index (κ2) is 8.50. The molecule has 2 fully saturated rings. The van der Waals surface area contributed by atoms with Crippen molar-refractivity contribution in [3.63, 3.8) is 0 Å². The molecule has 1 aliphatic heterocycles. The topological polar surface area (TPSA) is 100 Å². The van der Waals surface area contributed by atoms with E-state index in [4.69, 9.17) is 0 Å². The van der Waals surface area contributed by atoms with Crippen molar-refractivity contribution in [2.24, 2.45) is 5.41 Å². The zero-order chi connectivity index (χ0) is 19.4. The van der Waals surface area contributed by atoms with Crippen molar-refractivity contribution < 1.29 is 14.7 Å². The van der Waals surface area contributed by atoms with Crippen LogP contribution in [0.2, 0.25) is 0 Å². The molecular weight excluding hydrogens is 366 g/mol. The number of nitrogens with zero attached hydrogens (tertiary/aromatic N) is 4. The summed E-state index contributed by atoms with van der Waals surface area (Å²) in [6, 6.07) is 0.326. The summed E-state index contributed by atoms with van der Waals surface area (Å²) in [4.78, 5) is 25.2. The van der Waals surface area contributed by atoms with Gasteiger partial charge in [-0.15, -0.1) is 10.2 Å². The summed E-state index contributed by atoms with van der Waals surface area (Å²) < 4.78 is 2.29. The molecule has 2 N–H and O–H groups in total. The molecule has 0 spiro atoms. The average molecular weight is 396 g/mol. The SMILES string of the molecule is CSc1nnc(CCCNC(=O)N2CCC(C)(C(=O)O)C2)n1C1CCCC1. The number of nitrogens with one attached hydrogen (secondary N) is 1. The van der Waals surface area contributed by atoms with Crippen LogP contribution < -0.4 is 5.32 Å². The molecule has 1 aromatic heterocycles. The van der Waals surface area contributed by atoms with Crippen LogP contribution >= 0.6 is 11.8 Å². The fourth-order valence-electron chi connectivity index (χ4n) is 4.01. The van der Waals surface area contributed by atoms with E-state index in [1.54, 1.807) is 23.6 Å². The minimum absolute atomic E-state index is 0.179. The number of amides is 2. The van der Waals surface area contributed by atoms with Crippen LogP contribution in [0.1, 0.15) is 57.3 Å². The molecule has 0 radical (unpaired) electrons. The Morgan fingerprint density at radius 1 is 1.33 bits per heavy atom. The molecule has 1 saturated carbocycles. The summed E-state index contributed by atoms with van der Waals surface area (Å²) in [5, 5.41) is 21.8. The number of aliphatic carboxylic acids is 1. The largest absolute Gasteiger partial charge is 0.481 e. The van der Waals surface area contributed by atoms with Crippen LogP contribution in [-0.2, 0) is 11.2 Å². The number of thioether (sulfide) groups is 1. The smallest absolute Gasteiger partial charge is 0.317 e. The molecule has 2 amide bonds. The maximum Gasteiger partial charge on any atom is 0.317 e. The molecule has 0 aromatic carbocycles. The molecule has 1 atom stereocenters. The van der Waals surface area contributed by atoms with Crippen LogP contribution in [0.25, 0.3) is 0 Å². The number of carboxylic acid groups (broad SMARTS) is 1. The molecule has 2 aliphatic rings. The third-order valence-electron chi connectivity index (χ3n) is 5.74. The van der Waals surface area contributed by atoms with Crippen molar-refractivity contribution in [3.05, 3.63) is 5.82 Å². The summed E-state index contributed by atoms with van der Waals surface area (Å²) in [5.74, 6) is 0.161. The standard InChI is InChI=1S/C18H29N5O3S/c1-18(15(24)25)9-11-22(12-18)16(26)19-10-5-8-14-20-21-17(27-2)23(14)13-6-3-4-7-13/h13H,3-12H2,1-2H3,(H,19,26)(H,24,25). The summed E-state index contributed by atoms with van der Waals surface area (Å²) in [6.45, 7) is 3.00. The average Bonchev–Trinajstić information content (AvgIpc) is 3.37. The summed E-state index contributed by atoms with van der Waals surface area (Å²) in [6.07, 6.45) is 8.98. The maximum absolute atomic E-state index is 12.3. The number of carboxylic acids is 1. The molecule has 1 aliphatic carbocycles. The number of carbonyl (C=O) groups is 2. The Kier molecular flexibility index (Phi) is 6.29. The van der Waals surface area contributed by atoms with Gasteiger partial charge >= 0.3 is 12.0 Å². The van der Waals surface area contributed by atoms with Crippen LogP contribution in [0.5, 0.6) is 0 Å². The van der Waals surface area contributed by atoms with E-state index in [0.29, 0.717) is 25.6 Å². The van der Waals surface area contributed by atoms with Crippen LogP contribution in [0, 0.1) is 5.41 Å². The van der Waals surface area contributed by atoms with Gasteiger partial charge in [-0.05, 0) is 38.9 Å². The molecule has 9 heteroatoms. The number of aryl methyl sites for hydroxylation is 1. The van der Waals surface area contributed by atoms with E-state index in [9.17, 15) is 14.7 Å². The molecule has 1 saturated heterocycles. The first-order valence-electron chi connectivity index (χ1n) is 9.68. The maximum atomic E-state index is 12.3. The van der Waals surface area contributed by atoms with Crippen LogP contribution in [-0.4, -0.2) is 62.7 Å². The number of hydrogen-bond donors (Lipinski definition) is 2. The van der Waals surface area contributed by atoms with Crippen LogP contribution in [0.15, 0.2) is 5.16 Å². The number of aromatic nitrogens is 3. The molecule has 8 nitrogen and oxygen atoms in total. The molecule has 1 unspecified atom stereocenters. The van der Waals surface area contributed by atoms with Crippen molar-refractivity contribution in [3.8, 4) is 0 Å². The first-order chi connectivity index (χ1) is 12.9. The van der Waals surface area contributed by atoms with Crippen molar-refractivity contribution in [2.75, 3.05) is 25.9 Å². The number of carbonyl (C=O) groups excluding carboxylic acids is 1. The fraction of sp³-hybridized carbons (Fsp3) is 0.778. The van der Waals surface area contributed by atoms with Gasteiger partial charge in [0, 0.05) is 32.1 Å². The highest BCUT2D eigenvalue weighted by Crippen LogP contribution is 2.33. The first kappa shape index (κ1) is 20.0. The lowest BCUT2D eigenvalue weighted by Crippen LogP contribution is -2.41. The Morgan fingerprint density at radius 3 is 2.70 bits per heavy atom. The van der Waals surface area contributed by atoms with Gasteiger partial charge in [0.2, 0.25) is 0 Å². The van der Waals surface area contributed by atoms with Gasteiger partial charge in [0.05, 0.1) is 5.41 Å². The van der Waals surface area contributed by atoms with E-state index >= 15 is 0 Å². The third-order valence-corrected chi connectivity index (χ3v) is 6.38. The highest BCUT2D eigenvalue weighted by atomic mass is 32.2. The minimum Gasteiger partial charge on any atom is -0.481 e. The predicted molar refractivity (Wildman–Crippen MR) is 103 cm³/mol. The fourth-order valence-corrected chi connectivity index (χ4v) is 4.58. The molecule has 2 heterocycles. The lowest BCUT2D eigenvalue weighted by atomic mass is 9.90. The number of rotatable bonds is 7. The van der Waals surface area contributed by atoms with E-state index in [0.717, 1.165) is 23.8 Å². The predicted octanol–water partition coefficient (Wildman–Crippen LogP) is 2.55. The van der Waals surface area contributed by atoms with E-state index in [1.807, 2.05) is 6.26 Å². The molecule has 3 rings (SSSR count). The van der Waals surface area contributed by atoms with E-state index in [2.05, 4.69) is 20.1 Å². The normalized spacial score (nSPS) is 23.1. The zero-order valence-electron chi connectivity index (χ0n) is 16.1. The van der Waals surface area contributed by atoms with Crippen LogP contribution in [0.4, 0.5) is 4.79 Å². The second-order valence-corrected chi connectivity index (χ2v) is 8.56. The van der Waals surface area contributed by atoms with Crippen molar-refractivity contribution >= 4 is 23.8 Å². The number of urea groups is 1. The Labute approximate surface area is 164 Å². The first-order valence-corrected chi connectivity index (χ1v) is 10.9. The van der Waals surface area contributed by atoms with Crippen molar-refractivity contribution in [1.29, 1.82) is 0 Å². The zero-order valence-corrected chi connectivity index (χ0v) is 16.9. The monoisotopic (exact) mass is 395 g/mol. The van der Waals surface area contributed by atoms with Crippen molar-refractivity contribution in [1.82, 2.24) is 25.0 Å². The van der Waals surface area contributed by atoms with Gasteiger partial charge in [0.1, 0.15) is 5.82 Å². The highest BCUT2D eigenvalue weighted by molar-refractivity contribution is 7.98. The summed E-state index contributed by atoms with van der Waals surface area (Å²) in [7, 11) is 0. The Balaban J connectivity index is 1.47. The van der Waals surface area contributed by atoms with Gasteiger partial charge in [0.25, 0.3) is 0 Å². The second-order valence-electron chi connectivity index (χ2n) is 7.78. The van der Waals surface area contributed by atoms with Gasteiger partial charge in [-0.3, -0.25) is 4.79 Å². The van der Waals surface area contributed by atoms with Gasteiger partial charge in [-0.2, -0.15) is 0 Å². The lowest BCUT2D eigenvalue weighted by Gasteiger charge is -2.20. The Morgan fingerprint density at radius 2 is 2.07 bits per heavy atom. The van der Waals surface area contributed by atoms with E-state index in [-0.39, 0.29) is 12.6 Å². The summed E-state index contributed by atoms with van der Waals surface area (Å²) >= 11 is 1.63. The number of hydrogen-bond acceptors (Lipinski definition) is 5. The van der Waals surface area contributed by atoms with Crippen molar-refractivity contribution in [2.45, 2.75) is 63.1 Å². The minimum atomic E-state index is -0.839. The molecule has 1 aromatic rings. The Bertz CT molecular complexity index is 689. The molecule has 150 valence electrons. The Hall–Kier alpha value is -1.77. The van der Waals surface area contributed by atoms with E-state index in [1.165, 1.54) is 25.7 Å². The summed E-state index contributed by atoms with van der Waals surface area (Å²) in [5.41, 5.74) is -0.830. The van der Waals surface area contributed by atoms with E-state index < -0.39 is 11.4 Å².